The van der Waals surface area contributed by atoms with E-state index in [4.69, 9.17) is 4.74 Å². The van der Waals surface area contributed by atoms with E-state index in [2.05, 4.69) is 42.2 Å². The fourth-order valence-corrected chi connectivity index (χ4v) is 5.36. The van der Waals surface area contributed by atoms with Gasteiger partial charge in [-0.05, 0) is 59.9 Å². The lowest BCUT2D eigenvalue weighted by Crippen LogP contribution is -2.27. The molecule has 0 saturated carbocycles. The molecule has 1 amide bonds. The lowest BCUT2D eigenvalue weighted by molar-refractivity contribution is -0.116. The van der Waals surface area contributed by atoms with E-state index >= 15 is 0 Å². The van der Waals surface area contributed by atoms with Gasteiger partial charge in [-0.3, -0.25) is 9.78 Å². The molecule has 3 rings (SSSR count). The van der Waals surface area contributed by atoms with E-state index in [9.17, 15) is 4.79 Å². The van der Waals surface area contributed by atoms with E-state index in [0.29, 0.717) is 6.54 Å². The number of unbranched alkanes of at least 4 members (excludes halogenated alkanes) is 13. The molecule has 2 aromatic carbocycles. The third-order valence-electron chi connectivity index (χ3n) is 7.74. The Hall–Kier alpha value is -3.14. The Bertz CT molecular complexity index is 1110. The van der Waals surface area contributed by atoms with E-state index in [1.165, 1.54) is 83.5 Å². The van der Waals surface area contributed by atoms with Crippen LogP contribution in [0.1, 0.15) is 120 Å². The minimum absolute atomic E-state index is 0.0252. The van der Waals surface area contributed by atoms with Crippen molar-refractivity contribution in [2.75, 3.05) is 11.5 Å². The second-order valence-corrected chi connectivity index (χ2v) is 11.4. The number of rotatable bonds is 21. The Balaban J connectivity index is 1.34. The molecule has 1 aromatic heterocycles. The number of anilines is 1. The van der Waals surface area contributed by atoms with Crippen LogP contribution in [-0.2, 0) is 17.8 Å². The summed E-state index contributed by atoms with van der Waals surface area (Å²) in [7, 11) is 0. The Morgan fingerprint density at radius 1 is 0.707 bits per heavy atom. The summed E-state index contributed by atoms with van der Waals surface area (Å²) >= 11 is 0. The molecule has 4 heteroatoms. The van der Waals surface area contributed by atoms with Gasteiger partial charge in [-0.2, -0.15) is 0 Å². The van der Waals surface area contributed by atoms with Crippen LogP contribution in [0.25, 0.3) is 0 Å². The first-order valence-electron chi connectivity index (χ1n) is 16.1. The van der Waals surface area contributed by atoms with Crippen molar-refractivity contribution < 1.29 is 9.53 Å². The van der Waals surface area contributed by atoms with Crippen LogP contribution in [-0.4, -0.2) is 17.5 Å². The molecule has 0 aliphatic heterocycles. The summed E-state index contributed by atoms with van der Waals surface area (Å²) in [4.78, 5) is 18.7. The third kappa shape index (κ3) is 13.4. The molecular weight excluding hydrogens is 504 g/mol. The highest BCUT2D eigenvalue weighted by Gasteiger charge is 2.13. The van der Waals surface area contributed by atoms with Crippen molar-refractivity contribution in [2.24, 2.45) is 0 Å². The van der Waals surface area contributed by atoms with Gasteiger partial charge in [-0.15, -0.1) is 0 Å². The molecule has 1 heterocycles. The molecule has 222 valence electrons. The number of pyridine rings is 1. The third-order valence-corrected chi connectivity index (χ3v) is 7.74. The summed E-state index contributed by atoms with van der Waals surface area (Å²) < 4.78 is 6.08. The molecule has 0 unspecified atom stereocenters. The zero-order chi connectivity index (χ0) is 29.0. The second-order valence-electron chi connectivity index (χ2n) is 11.4. The standard InChI is InChI=1S/C37H52N2O2/c1-3-4-5-6-7-8-9-10-11-12-13-14-15-16-26-41-37-24-18-21-35(29-37)31-39(32(2)40)36-23-17-20-33(28-36)27-34-22-19-25-38-30-34/h17-25,28-30H,3-16,26-27,31H2,1-2H3. The number of hydrogen-bond donors (Lipinski definition) is 0. The summed E-state index contributed by atoms with van der Waals surface area (Å²) in [6.07, 6.45) is 23.5. The SMILES string of the molecule is CCCCCCCCCCCCCCCCOc1cccc(CN(C(C)=O)c2cccc(Cc3cccnc3)c2)c1. The number of aromatic nitrogens is 1. The van der Waals surface area contributed by atoms with Gasteiger partial charge < -0.3 is 9.64 Å². The number of carbonyl (C=O) groups excluding carboxylic acids is 1. The van der Waals surface area contributed by atoms with Crippen LogP contribution in [0.15, 0.2) is 73.1 Å². The van der Waals surface area contributed by atoms with Gasteiger partial charge in [-0.25, -0.2) is 0 Å². The van der Waals surface area contributed by atoms with Crippen molar-refractivity contribution in [3.63, 3.8) is 0 Å². The van der Waals surface area contributed by atoms with Gasteiger partial charge in [0.2, 0.25) is 5.91 Å². The van der Waals surface area contributed by atoms with Crippen LogP contribution in [0, 0.1) is 0 Å². The minimum Gasteiger partial charge on any atom is -0.494 e. The molecule has 0 radical (unpaired) electrons. The van der Waals surface area contributed by atoms with Crippen LogP contribution in [0.2, 0.25) is 0 Å². The summed E-state index contributed by atoms with van der Waals surface area (Å²) in [5, 5.41) is 0. The maximum Gasteiger partial charge on any atom is 0.224 e. The van der Waals surface area contributed by atoms with Gasteiger partial charge in [-0.1, -0.05) is 121 Å². The highest BCUT2D eigenvalue weighted by atomic mass is 16.5. The number of benzene rings is 2. The normalized spacial score (nSPS) is 11.0. The fraction of sp³-hybridized carbons (Fsp3) is 0.514. The average molecular weight is 557 g/mol. The molecule has 0 spiro atoms. The van der Waals surface area contributed by atoms with Crippen LogP contribution in [0.4, 0.5) is 5.69 Å². The first kappa shape index (κ1) is 32.4. The first-order chi connectivity index (χ1) is 20.2. The number of amides is 1. The largest absolute Gasteiger partial charge is 0.494 e. The van der Waals surface area contributed by atoms with Crippen LogP contribution in [0.3, 0.4) is 0 Å². The minimum atomic E-state index is 0.0252. The Morgan fingerprint density at radius 2 is 1.32 bits per heavy atom. The first-order valence-corrected chi connectivity index (χ1v) is 16.1. The maximum absolute atomic E-state index is 12.6. The molecule has 0 saturated heterocycles. The van der Waals surface area contributed by atoms with Gasteiger partial charge in [0, 0.05) is 25.0 Å². The number of nitrogens with zero attached hydrogens (tertiary/aromatic N) is 2. The van der Waals surface area contributed by atoms with Crippen molar-refractivity contribution >= 4 is 11.6 Å². The van der Waals surface area contributed by atoms with Gasteiger partial charge in [0.25, 0.3) is 0 Å². The van der Waals surface area contributed by atoms with Gasteiger partial charge >= 0.3 is 0 Å². The van der Waals surface area contributed by atoms with E-state index in [1.54, 1.807) is 13.1 Å². The average Bonchev–Trinajstić information content (AvgIpc) is 2.98. The topological polar surface area (TPSA) is 42.4 Å². The Kier molecular flexibility index (Phi) is 15.7. The van der Waals surface area contributed by atoms with E-state index in [0.717, 1.165) is 47.6 Å². The summed E-state index contributed by atoms with van der Waals surface area (Å²) in [5.74, 6) is 0.906. The summed E-state index contributed by atoms with van der Waals surface area (Å²) in [5.41, 5.74) is 4.29. The Labute approximate surface area is 249 Å². The van der Waals surface area contributed by atoms with Crippen molar-refractivity contribution in [3.05, 3.63) is 89.7 Å². The molecule has 0 N–H and O–H groups in total. The lowest BCUT2D eigenvalue weighted by atomic mass is 10.0. The van der Waals surface area contributed by atoms with Gasteiger partial charge in [0.1, 0.15) is 5.75 Å². The van der Waals surface area contributed by atoms with E-state index in [-0.39, 0.29) is 5.91 Å². The monoisotopic (exact) mass is 556 g/mol. The highest BCUT2D eigenvalue weighted by Crippen LogP contribution is 2.23. The molecule has 0 aliphatic rings. The predicted molar refractivity (Wildman–Crippen MR) is 173 cm³/mol. The zero-order valence-corrected chi connectivity index (χ0v) is 25.7. The van der Waals surface area contributed by atoms with E-state index in [1.807, 2.05) is 41.4 Å². The molecule has 0 atom stereocenters. The van der Waals surface area contributed by atoms with E-state index < -0.39 is 0 Å². The molecule has 0 fully saturated rings. The quantitative estimate of drug-likeness (QED) is 0.123. The molecule has 4 nitrogen and oxygen atoms in total. The molecule has 0 aliphatic carbocycles. The summed E-state index contributed by atoms with van der Waals surface area (Å²) in [6.45, 7) is 5.17. The van der Waals surface area contributed by atoms with Crippen LogP contribution >= 0.6 is 0 Å². The fourth-order valence-electron chi connectivity index (χ4n) is 5.36. The van der Waals surface area contributed by atoms with Crippen LogP contribution < -0.4 is 9.64 Å². The molecule has 3 aromatic rings. The predicted octanol–water partition coefficient (Wildman–Crippen LogP) is 10.1. The van der Waals surface area contributed by atoms with Gasteiger partial charge in [0.15, 0.2) is 0 Å². The van der Waals surface area contributed by atoms with Crippen molar-refractivity contribution in [1.29, 1.82) is 0 Å². The van der Waals surface area contributed by atoms with Crippen molar-refractivity contribution in [1.82, 2.24) is 4.98 Å². The number of ether oxygens (including phenoxy) is 1. The number of carbonyl (C=O) groups is 1. The van der Waals surface area contributed by atoms with Crippen molar-refractivity contribution in [3.8, 4) is 5.75 Å². The zero-order valence-electron chi connectivity index (χ0n) is 25.7. The van der Waals surface area contributed by atoms with Gasteiger partial charge in [0.05, 0.1) is 13.2 Å². The summed E-state index contributed by atoms with van der Waals surface area (Å²) in [6, 6.07) is 20.4. The Morgan fingerprint density at radius 3 is 1.95 bits per heavy atom. The molecule has 41 heavy (non-hydrogen) atoms. The van der Waals surface area contributed by atoms with Crippen LogP contribution in [0.5, 0.6) is 5.75 Å². The smallest absolute Gasteiger partial charge is 0.224 e. The van der Waals surface area contributed by atoms with Crippen molar-refractivity contribution in [2.45, 2.75) is 117 Å². The highest BCUT2D eigenvalue weighted by molar-refractivity contribution is 5.91. The maximum atomic E-state index is 12.6. The molecule has 0 bridgehead atoms. The number of hydrogen-bond acceptors (Lipinski definition) is 3. The molecular formula is C37H52N2O2. The lowest BCUT2D eigenvalue weighted by Gasteiger charge is -2.22. The second kappa shape index (κ2) is 19.9.